The lowest BCUT2D eigenvalue weighted by Gasteiger charge is -2.40. The first-order chi connectivity index (χ1) is 32.6. The van der Waals surface area contributed by atoms with E-state index in [2.05, 4.69) is 32.9 Å². The maximum Gasteiger partial charge on any atom is 0.335 e. The number of carboxylic acids is 1. The van der Waals surface area contributed by atoms with Crippen LogP contribution in [0.4, 0.5) is 0 Å². The van der Waals surface area contributed by atoms with Crippen molar-refractivity contribution in [3.05, 3.63) is 12.2 Å². The molecule has 0 bridgehead atoms. The molecule has 0 aromatic carbocycles. The van der Waals surface area contributed by atoms with Gasteiger partial charge in [0.1, 0.15) is 18.8 Å². The summed E-state index contributed by atoms with van der Waals surface area (Å²) in [5.74, 6) is -3.10. The van der Waals surface area contributed by atoms with Crippen LogP contribution in [0.25, 0.3) is 0 Å². The lowest BCUT2D eigenvalue weighted by molar-refractivity contribution is -0.301. The van der Waals surface area contributed by atoms with Crippen molar-refractivity contribution in [1.82, 2.24) is 0 Å². The number of carboxylic acid groups (broad SMARTS) is 1. The van der Waals surface area contributed by atoms with Crippen LogP contribution in [0.5, 0.6) is 0 Å². The number of esters is 3. The summed E-state index contributed by atoms with van der Waals surface area (Å²) in [4.78, 5) is 50.9. The van der Waals surface area contributed by atoms with Gasteiger partial charge in [0.2, 0.25) is 0 Å². The SMILES string of the molecule is CCCCCC/C=C\CCCCCCCC(=O)OC1C(OCC(COC(=O)CCCCCCCCCCCCCCC)OC(=O)CCCCCCCCCCCCC)OC(C(=O)O)C(O)C1O. The largest absolute Gasteiger partial charge is 0.479 e. The summed E-state index contributed by atoms with van der Waals surface area (Å²) >= 11 is 0. The van der Waals surface area contributed by atoms with Gasteiger partial charge in [-0.25, -0.2) is 4.79 Å². The number of aliphatic carboxylic acids is 1. The Morgan fingerprint density at radius 2 is 0.851 bits per heavy atom. The first-order valence-electron chi connectivity index (χ1n) is 27.7. The van der Waals surface area contributed by atoms with Gasteiger partial charge < -0.3 is 39.0 Å². The van der Waals surface area contributed by atoms with Crippen molar-refractivity contribution in [2.45, 2.75) is 302 Å². The van der Waals surface area contributed by atoms with Crippen LogP contribution in [-0.2, 0) is 42.9 Å². The molecular weight excluding hydrogens is 853 g/mol. The Kier molecular flexibility index (Phi) is 41.6. The van der Waals surface area contributed by atoms with Gasteiger partial charge in [-0.3, -0.25) is 14.4 Å². The third kappa shape index (κ3) is 35.3. The monoisotopic (exact) mass is 953 g/mol. The first kappa shape index (κ1) is 62.5. The van der Waals surface area contributed by atoms with Crippen LogP contribution in [0.1, 0.15) is 265 Å². The molecule has 1 aliphatic heterocycles. The quantitative estimate of drug-likeness (QED) is 0.0228. The molecule has 1 heterocycles. The molecule has 6 atom stereocenters. The van der Waals surface area contributed by atoms with Crippen molar-refractivity contribution in [3.8, 4) is 0 Å². The number of aliphatic hydroxyl groups excluding tert-OH is 2. The Balaban J connectivity index is 2.71. The molecule has 1 saturated heterocycles. The van der Waals surface area contributed by atoms with Gasteiger partial charge in [-0.05, 0) is 44.9 Å². The number of hydrogen-bond acceptors (Lipinski definition) is 11. The molecule has 0 amide bonds. The van der Waals surface area contributed by atoms with E-state index in [0.29, 0.717) is 19.3 Å². The van der Waals surface area contributed by atoms with Gasteiger partial charge in [0.25, 0.3) is 0 Å². The highest BCUT2D eigenvalue weighted by atomic mass is 16.7. The topological polar surface area (TPSA) is 175 Å². The van der Waals surface area contributed by atoms with E-state index in [1.807, 2.05) is 0 Å². The Hall–Kier alpha value is -2.54. The second-order valence-corrected chi connectivity index (χ2v) is 19.2. The summed E-state index contributed by atoms with van der Waals surface area (Å²) in [6.07, 6.45) is 34.8. The number of carbonyl (C=O) groups excluding carboxylic acids is 3. The molecule has 6 unspecified atom stereocenters. The highest BCUT2D eigenvalue weighted by Crippen LogP contribution is 2.26. The van der Waals surface area contributed by atoms with Crippen LogP contribution < -0.4 is 0 Å². The molecule has 0 spiro atoms. The Morgan fingerprint density at radius 3 is 1.28 bits per heavy atom. The van der Waals surface area contributed by atoms with Gasteiger partial charge >= 0.3 is 23.9 Å². The van der Waals surface area contributed by atoms with Crippen molar-refractivity contribution < 1.29 is 58.2 Å². The molecular formula is C55H100O12. The van der Waals surface area contributed by atoms with Crippen molar-refractivity contribution >= 4 is 23.9 Å². The molecule has 1 rings (SSSR count). The third-order valence-corrected chi connectivity index (χ3v) is 12.8. The van der Waals surface area contributed by atoms with Gasteiger partial charge in [-0.2, -0.15) is 0 Å². The summed E-state index contributed by atoms with van der Waals surface area (Å²) in [6, 6.07) is 0. The highest BCUT2D eigenvalue weighted by molar-refractivity contribution is 5.74. The maximum absolute atomic E-state index is 13.1. The second kappa shape index (κ2) is 44.7. The fraction of sp³-hybridized carbons (Fsp3) is 0.891. The van der Waals surface area contributed by atoms with E-state index >= 15 is 0 Å². The summed E-state index contributed by atoms with van der Waals surface area (Å²) in [5.41, 5.74) is 0. The normalized spacial score (nSPS) is 18.9. The molecule has 0 radical (unpaired) electrons. The minimum atomic E-state index is -1.90. The van der Waals surface area contributed by atoms with E-state index in [1.54, 1.807) is 0 Å². The van der Waals surface area contributed by atoms with Crippen LogP contribution in [0.3, 0.4) is 0 Å². The molecule has 1 aliphatic rings. The van der Waals surface area contributed by atoms with Crippen molar-refractivity contribution in [2.75, 3.05) is 13.2 Å². The van der Waals surface area contributed by atoms with E-state index in [1.165, 1.54) is 128 Å². The fourth-order valence-corrected chi connectivity index (χ4v) is 8.54. The second-order valence-electron chi connectivity index (χ2n) is 19.2. The van der Waals surface area contributed by atoms with E-state index in [0.717, 1.165) is 77.0 Å². The van der Waals surface area contributed by atoms with Crippen molar-refractivity contribution in [1.29, 1.82) is 0 Å². The van der Waals surface area contributed by atoms with Crippen LogP contribution in [0, 0.1) is 0 Å². The average Bonchev–Trinajstić information content (AvgIpc) is 3.31. The zero-order chi connectivity index (χ0) is 49.0. The first-order valence-corrected chi connectivity index (χ1v) is 27.7. The van der Waals surface area contributed by atoms with Gasteiger partial charge in [0, 0.05) is 19.3 Å². The Morgan fingerprint density at radius 1 is 0.478 bits per heavy atom. The molecule has 12 heteroatoms. The molecule has 0 aromatic heterocycles. The number of aliphatic hydroxyl groups is 2. The van der Waals surface area contributed by atoms with Crippen LogP contribution in [0.2, 0.25) is 0 Å². The Bertz CT molecular complexity index is 1230. The summed E-state index contributed by atoms with van der Waals surface area (Å²) in [5, 5.41) is 31.3. The number of carbonyl (C=O) groups is 4. The van der Waals surface area contributed by atoms with Crippen LogP contribution >= 0.6 is 0 Å². The number of allylic oxidation sites excluding steroid dienone is 2. The minimum Gasteiger partial charge on any atom is -0.479 e. The number of hydrogen-bond donors (Lipinski definition) is 3. The number of ether oxygens (including phenoxy) is 5. The lowest BCUT2D eigenvalue weighted by Crippen LogP contribution is -2.61. The van der Waals surface area contributed by atoms with E-state index in [9.17, 15) is 34.5 Å². The zero-order valence-corrected chi connectivity index (χ0v) is 42.9. The number of rotatable bonds is 47. The molecule has 0 aromatic rings. The van der Waals surface area contributed by atoms with Gasteiger partial charge in [-0.15, -0.1) is 0 Å². The standard InChI is InChI=1S/C55H100O12/c1-4-7-10-13-16-19-22-24-27-29-32-35-38-41-47(56)63-44-46(65-48(57)42-39-36-33-30-26-21-18-15-12-9-6-3)45-64-55-53(51(60)50(59)52(67-55)54(61)62)66-49(58)43-40-37-34-31-28-25-23-20-17-14-11-8-5-2/h20,23,46,50-53,55,59-60H,4-19,21-22,24-45H2,1-3H3,(H,61,62)/b23-20-. The van der Waals surface area contributed by atoms with Gasteiger partial charge in [0.05, 0.1) is 6.61 Å². The summed E-state index contributed by atoms with van der Waals surface area (Å²) < 4.78 is 28.3. The predicted molar refractivity (Wildman–Crippen MR) is 267 cm³/mol. The van der Waals surface area contributed by atoms with Crippen LogP contribution in [0.15, 0.2) is 12.2 Å². The van der Waals surface area contributed by atoms with E-state index in [4.69, 9.17) is 23.7 Å². The highest BCUT2D eigenvalue weighted by Gasteiger charge is 2.50. The van der Waals surface area contributed by atoms with Crippen molar-refractivity contribution in [3.63, 3.8) is 0 Å². The minimum absolute atomic E-state index is 0.0561. The summed E-state index contributed by atoms with van der Waals surface area (Å²) in [6.45, 7) is 5.97. The molecule has 12 nitrogen and oxygen atoms in total. The van der Waals surface area contributed by atoms with Gasteiger partial charge in [-0.1, -0.05) is 213 Å². The third-order valence-electron chi connectivity index (χ3n) is 12.8. The molecule has 0 saturated carbocycles. The Labute approximate surface area is 407 Å². The molecule has 67 heavy (non-hydrogen) atoms. The molecule has 3 N–H and O–H groups in total. The fourth-order valence-electron chi connectivity index (χ4n) is 8.54. The van der Waals surface area contributed by atoms with Crippen molar-refractivity contribution in [2.24, 2.45) is 0 Å². The van der Waals surface area contributed by atoms with Crippen LogP contribution in [-0.4, -0.2) is 89.2 Å². The smallest absolute Gasteiger partial charge is 0.335 e. The predicted octanol–water partition coefficient (Wildman–Crippen LogP) is 13.3. The molecule has 392 valence electrons. The average molecular weight is 953 g/mol. The summed E-state index contributed by atoms with van der Waals surface area (Å²) in [7, 11) is 0. The lowest BCUT2D eigenvalue weighted by atomic mass is 9.98. The maximum atomic E-state index is 13.1. The van der Waals surface area contributed by atoms with Gasteiger partial charge in [0.15, 0.2) is 24.6 Å². The van der Waals surface area contributed by atoms with E-state index < -0.39 is 67.3 Å². The molecule has 0 aliphatic carbocycles. The zero-order valence-electron chi connectivity index (χ0n) is 42.9. The molecule has 1 fully saturated rings. The number of unbranched alkanes of at least 4 members (excludes halogenated alkanes) is 31. The van der Waals surface area contributed by atoms with E-state index in [-0.39, 0.29) is 25.9 Å².